The van der Waals surface area contributed by atoms with E-state index in [0.29, 0.717) is 0 Å². The van der Waals surface area contributed by atoms with Gasteiger partial charge in [0.2, 0.25) is 0 Å². The molecule has 0 aromatic rings. The molecule has 5 heteroatoms. The molecule has 126 valence electrons. The summed E-state index contributed by atoms with van der Waals surface area (Å²) >= 11 is 0. The summed E-state index contributed by atoms with van der Waals surface area (Å²) in [6.07, 6.45) is 4.66. The molecule has 0 bridgehead atoms. The molecule has 1 unspecified atom stereocenters. The zero-order chi connectivity index (χ0) is 15.4. The van der Waals surface area contributed by atoms with Gasteiger partial charge >= 0.3 is 0 Å². The average Bonchev–Trinajstić information content (AvgIpc) is 3.00. The second kappa shape index (κ2) is 11.4. The number of ether oxygens (including phenoxy) is 3. The lowest BCUT2D eigenvalue weighted by Gasteiger charge is -2.31. The van der Waals surface area contributed by atoms with E-state index in [-0.39, 0.29) is 5.79 Å². The molecule has 3 fully saturated rings. The second-order valence-electron chi connectivity index (χ2n) is 5.53. The van der Waals surface area contributed by atoms with Gasteiger partial charge in [-0.3, -0.25) is 0 Å². The van der Waals surface area contributed by atoms with Crippen LogP contribution in [0.25, 0.3) is 0 Å². The van der Waals surface area contributed by atoms with Crippen LogP contribution >= 0.6 is 0 Å². The number of rotatable bonds is 2. The summed E-state index contributed by atoms with van der Waals surface area (Å²) in [5, 5.41) is 6.62. The molecule has 3 aliphatic heterocycles. The molecule has 3 saturated heterocycles. The Hall–Kier alpha value is -0.200. The van der Waals surface area contributed by atoms with E-state index < -0.39 is 0 Å². The summed E-state index contributed by atoms with van der Waals surface area (Å²) in [4.78, 5) is 0. The Kier molecular flexibility index (Phi) is 10.2. The molecule has 0 aromatic carbocycles. The lowest BCUT2D eigenvalue weighted by atomic mass is 10.0. The van der Waals surface area contributed by atoms with Gasteiger partial charge in [0.15, 0.2) is 5.79 Å². The smallest absolute Gasteiger partial charge is 0.170 e. The van der Waals surface area contributed by atoms with Gasteiger partial charge in [-0.2, -0.15) is 0 Å². The standard InChI is InChI=1S/C7H13NO2.C7H15NO.C2H6/c1-3-8-4-2-7(1)9-5-6-10-7;1-9-6-7-3-2-4-8-5-7;1-2/h8H,1-6H2;7-8H,2-6H2,1H3;1-2H3. The highest BCUT2D eigenvalue weighted by Crippen LogP contribution is 2.28. The first-order valence-electron chi connectivity index (χ1n) is 8.53. The van der Waals surface area contributed by atoms with Crippen LogP contribution in [0.1, 0.15) is 39.5 Å². The molecule has 1 spiro atoms. The first-order valence-corrected chi connectivity index (χ1v) is 8.53. The van der Waals surface area contributed by atoms with E-state index in [1.807, 2.05) is 13.8 Å². The van der Waals surface area contributed by atoms with E-state index >= 15 is 0 Å². The third-order valence-electron chi connectivity index (χ3n) is 3.98. The zero-order valence-electron chi connectivity index (χ0n) is 14.1. The zero-order valence-corrected chi connectivity index (χ0v) is 14.1. The summed E-state index contributed by atoms with van der Waals surface area (Å²) in [6.45, 7) is 10.9. The molecule has 0 radical (unpaired) electrons. The molecule has 0 saturated carbocycles. The van der Waals surface area contributed by atoms with Gasteiger partial charge in [0, 0.05) is 39.6 Å². The van der Waals surface area contributed by atoms with E-state index in [0.717, 1.165) is 58.2 Å². The van der Waals surface area contributed by atoms with Crippen molar-refractivity contribution in [1.82, 2.24) is 10.6 Å². The number of piperidine rings is 2. The highest BCUT2D eigenvalue weighted by atomic mass is 16.7. The van der Waals surface area contributed by atoms with Crippen LogP contribution < -0.4 is 10.6 Å². The van der Waals surface area contributed by atoms with Crippen LogP contribution in [-0.2, 0) is 14.2 Å². The molecule has 2 N–H and O–H groups in total. The number of hydrogen-bond donors (Lipinski definition) is 2. The van der Waals surface area contributed by atoms with Gasteiger partial charge in [-0.15, -0.1) is 0 Å². The SMILES string of the molecule is C1CC2(CCN1)OCCO2.CC.COCC1CCCNC1. The molecule has 3 rings (SSSR count). The molecule has 0 aromatic heterocycles. The van der Waals surface area contributed by atoms with E-state index in [2.05, 4.69) is 10.6 Å². The van der Waals surface area contributed by atoms with Crippen molar-refractivity contribution in [2.24, 2.45) is 5.92 Å². The Morgan fingerprint density at radius 2 is 1.71 bits per heavy atom. The minimum Gasteiger partial charge on any atom is -0.384 e. The van der Waals surface area contributed by atoms with Crippen LogP contribution in [0.5, 0.6) is 0 Å². The third kappa shape index (κ3) is 7.06. The average molecular weight is 302 g/mol. The summed E-state index contributed by atoms with van der Waals surface area (Å²) in [6, 6.07) is 0. The van der Waals surface area contributed by atoms with Crippen LogP contribution in [0.2, 0.25) is 0 Å². The van der Waals surface area contributed by atoms with Gasteiger partial charge in [0.1, 0.15) is 0 Å². The maximum absolute atomic E-state index is 5.52. The Labute approximate surface area is 130 Å². The van der Waals surface area contributed by atoms with Crippen molar-refractivity contribution < 1.29 is 14.2 Å². The minimum absolute atomic E-state index is 0.189. The Morgan fingerprint density at radius 3 is 2.24 bits per heavy atom. The fourth-order valence-corrected chi connectivity index (χ4v) is 2.90. The minimum atomic E-state index is -0.189. The maximum atomic E-state index is 5.52. The Morgan fingerprint density at radius 1 is 1.05 bits per heavy atom. The lowest BCUT2D eigenvalue weighted by Crippen LogP contribution is -2.42. The summed E-state index contributed by atoms with van der Waals surface area (Å²) in [5.74, 6) is 0.578. The van der Waals surface area contributed by atoms with E-state index in [4.69, 9.17) is 14.2 Å². The number of hydrogen-bond acceptors (Lipinski definition) is 5. The third-order valence-corrected chi connectivity index (χ3v) is 3.98. The lowest BCUT2D eigenvalue weighted by molar-refractivity contribution is -0.172. The predicted octanol–water partition coefficient (Wildman–Crippen LogP) is 1.77. The van der Waals surface area contributed by atoms with Gasteiger partial charge in [-0.05, 0) is 25.3 Å². The molecule has 3 aliphatic rings. The van der Waals surface area contributed by atoms with Crippen molar-refractivity contribution >= 4 is 0 Å². The van der Waals surface area contributed by atoms with Crippen LogP contribution in [0, 0.1) is 5.92 Å². The van der Waals surface area contributed by atoms with Crippen LogP contribution in [0.15, 0.2) is 0 Å². The van der Waals surface area contributed by atoms with Gasteiger partial charge < -0.3 is 24.8 Å². The highest BCUT2D eigenvalue weighted by Gasteiger charge is 2.37. The largest absolute Gasteiger partial charge is 0.384 e. The molecule has 21 heavy (non-hydrogen) atoms. The van der Waals surface area contributed by atoms with E-state index in [9.17, 15) is 0 Å². The normalized spacial score (nSPS) is 27.3. The second-order valence-corrected chi connectivity index (χ2v) is 5.53. The van der Waals surface area contributed by atoms with Crippen molar-refractivity contribution in [2.75, 3.05) is 53.1 Å². The van der Waals surface area contributed by atoms with Crippen molar-refractivity contribution in [2.45, 2.75) is 45.3 Å². The van der Waals surface area contributed by atoms with Gasteiger partial charge in [-0.1, -0.05) is 13.8 Å². The Bertz CT molecular complexity index is 229. The first-order chi connectivity index (χ1) is 10.3. The first kappa shape index (κ1) is 18.8. The van der Waals surface area contributed by atoms with E-state index in [1.54, 1.807) is 7.11 Å². The number of nitrogens with one attached hydrogen (secondary N) is 2. The number of methoxy groups -OCH3 is 1. The molecule has 1 atom stereocenters. The van der Waals surface area contributed by atoms with Crippen LogP contribution in [0.4, 0.5) is 0 Å². The fraction of sp³-hybridized carbons (Fsp3) is 1.00. The molecule has 0 amide bonds. The molecule has 0 aliphatic carbocycles. The topological polar surface area (TPSA) is 51.8 Å². The molecule has 3 heterocycles. The van der Waals surface area contributed by atoms with Crippen molar-refractivity contribution in [1.29, 1.82) is 0 Å². The summed E-state index contributed by atoms with van der Waals surface area (Å²) < 4.78 is 16.1. The van der Waals surface area contributed by atoms with Crippen molar-refractivity contribution in [3.8, 4) is 0 Å². The fourth-order valence-electron chi connectivity index (χ4n) is 2.90. The predicted molar refractivity (Wildman–Crippen MR) is 85.6 cm³/mol. The molecular weight excluding hydrogens is 268 g/mol. The highest BCUT2D eigenvalue weighted by molar-refractivity contribution is 4.80. The summed E-state index contributed by atoms with van der Waals surface area (Å²) in [5.41, 5.74) is 0. The maximum Gasteiger partial charge on any atom is 0.170 e. The van der Waals surface area contributed by atoms with Crippen LogP contribution in [-0.4, -0.2) is 58.9 Å². The Balaban J connectivity index is 0.000000189. The van der Waals surface area contributed by atoms with Crippen molar-refractivity contribution in [3.63, 3.8) is 0 Å². The van der Waals surface area contributed by atoms with Gasteiger partial charge in [0.05, 0.1) is 19.8 Å². The van der Waals surface area contributed by atoms with Gasteiger partial charge in [0.25, 0.3) is 0 Å². The quantitative estimate of drug-likeness (QED) is 0.814. The molecule has 5 nitrogen and oxygen atoms in total. The monoisotopic (exact) mass is 302 g/mol. The molecular formula is C16H34N2O3. The van der Waals surface area contributed by atoms with E-state index in [1.165, 1.54) is 19.4 Å². The summed E-state index contributed by atoms with van der Waals surface area (Å²) in [7, 11) is 1.77. The van der Waals surface area contributed by atoms with Crippen molar-refractivity contribution in [3.05, 3.63) is 0 Å². The van der Waals surface area contributed by atoms with Crippen LogP contribution in [0.3, 0.4) is 0 Å². The van der Waals surface area contributed by atoms with Gasteiger partial charge in [-0.25, -0.2) is 0 Å².